The molecule has 1 saturated carbocycles. The van der Waals surface area contributed by atoms with Gasteiger partial charge in [-0.15, -0.1) is 0 Å². The van der Waals surface area contributed by atoms with E-state index in [1.54, 1.807) is 24.3 Å². The number of sulfonamides is 1. The third-order valence-corrected chi connectivity index (χ3v) is 5.65. The van der Waals surface area contributed by atoms with Gasteiger partial charge in [0.2, 0.25) is 10.0 Å². The number of nitrogen functional groups attached to an aromatic ring is 1. The Balaban J connectivity index is 1.83. The summed E-state index contributed by atoms with van der Waals surface area (Å²) in [6.07, 6.45) is 4.05. The van der Waals surface area contributed by atoms with E-state index in [0.29, 0.717) is 10.6 Å². The molecule has 0 spiro atoms. The fraction of sp³-hybridized carbons (Fsp3) is 0.294. The van der Waals surface area contributed by atoms with Gasteiger partial charge >= 0.3 is 0 Å². The standard InChI is InChI=1S/C17H20N2O2S/c18-17-8-4-3-7-16(17)13-9-11-15(12-10-13)22(20,21)19-14-5-1-2-6-14/h3-4,7-12,14,19H,1-2,5-6,18H2. The zero-order valence-electron chi connectivity index (χ0n) is 12.3. The number of nitrogens with one attached hydrogen (secondary N) is 1. The average molecular weight is 316 g/mol. The Morgan fingerprint density at radius 3 is 2.23 bits per heavy atom. The summed E-state index contributed by atoms with van der Waals surface area (Å²) in [4.78, 5) is 0.303. The van der Waals surface area contributed by atoms with Gasteiger partial charge in [-0.3, -0.25) is 0 Å². The maximum atomic E-state index is 12.4. The van der Waals surface area contributed by atoms with Crippen molar-refractivity contribution in [3.63, 3.8) is 0 Å². The average Bonchev–Trinajstić information content (AvgIpc) is 3.00. The van der Waals surface area contributed by atoms with E-state index < -0.39 is 10.0 Å². The molecule has 2 aromatic rings. The zero-order chi connectivity index (χ0) is 15.6. The van der Waals surface area contributed by atoms with E-state index in [-0.39, 0.29) is 6.04 Å². The van der Waals surface area contributed by atoms with Crippen molar-refractivity contribution in [2.24, 2.45) is 0 Å². The minimum atomic E-state index is -3.43. The maximum Gasteiger partial charge on any atom is 0.240 e. The summed E-state index contributed by atoms with van der Waals surface area (Å²) in [5.74, 6) is 0. The molecule has 4 nitrogen and oxygen atoms in total. The quantitative estimate of drug-likeness (QED) is 0.851. The minimum absolute atomic E-state index is 0.0782. The van der Waals surface area contributed by atoms with Crippen LogP contribution < -0.4 is 10.5 Å². The molecule has 0 amide bonds. The van der Waals surface area contributed by atoms with E-state index in [0.717, 1.165) is 36.8 Å². The monoisotopic (exact) mass is 316 g/mol. The molecule has 1 aliphatic carbocycles. The summed E-state index contributed by atoms with van der Waals surface area (Å²) in [7, 11) is -3.43. The lowest BCUT2D eigenvalue weighted by molar-refractivity contribution is 0.552. The van der Waals surface area contributed by atoms with E-state index >= 15 is 0 Å². The lowest BCUT2D eigenvalue weighted by Gasteiger charge is -2.13. The number of hydrogen-bond acceptors (Lipinski definition) is 3. The van der Waals surface area contributed by atoms with Crippen LogP contribution in [-0.4, -0.2) is 14.5 Å². The van der Waals surface area contributed by atoms with Crippen molar-refractivity contribution in [1.82, 2.24) is 4.72 Å². The second-order valence-electron chi connectivity index (χ2n) is 5.71. The molecule has 3 rings (SSSR count). The van der Waals surface area contributed by atoms with Crippen LogP contribution in [-0.2, 0) is 10.0 Å². The number of anilines is 1. The van der Waals surface area contributed by atoms with Gasteiger partial charge in [0, 0.05) is 17.3 Å². The fourth-order valence-corrected chi connectivity index (χ4v) is 4.21. The van der Waals surface area contributed by atoms with Crippen LogP contribution in [0.4, 0.5) is 5.69 Å². The Kier molecular flexibility index (Phi) is 4.18. The molecule has 0 unspecified atom stereocenters. The molecule has 0 aliphatic heterocycles. The molecule has 1 aliphatic rings. The predicted molar refractivity (Wildman–Crippen MR) is 88.9 cm³/mol. The second kappa shape index (κ2) is 6.10. The Bertz CT molecular complexity index is 748. The van der Waals surface area contributed by atoms with Crippen molar-refractivity contribution in [3.05, 3.63) is 48.5 Å². The highest BCUT2D eigenvalue weighted by atomic mass is 32.2. The third-order valence-electron chi connectivity index (χ3n) is 4.11. The van der Waals surface area contributed by atoms with Crippen molar-refractivity contribution in [2.75, 3.05) is 5.73 Å². The molecule has 22 heavy (non-hydrogen) atoms. The van der Waals surface area contributed by atoms with E-state index in [1.165, 1.54) is 0 Å². The lowest BCUT2D eigenvalue weighted by atomic mass is 10.0. The van der Waals surface area contributed by atoms with Gasteiger partial charge in [-0.05, 0) is 36.6 Å². The first kappa shape index (κ1) is 15.1. The highest BCUT2D eigenvalue weighted by molar-refractivity contribution is 7.89. The first-order valence-corrected chi connectivity index (χ1v) is 9.02. The topological polar surface area (TPSA) is 72.2 Å². The van der Waals surface area contributed by atoms with Crippen molar-refractivity contribution >= 4 is 15.7 Å². The molecule has 0 saturated heterocycles. The van der Waals surface area contributed by atoms with Gasteiger partial charge in [-0.1, -0.05) is 43.2 Å². The van der Waals surface area contributed by atoms with Crippen LogP contribution in [0.3, 0.4) is 0 Å². The predicted octanol–water partition coefficient (Wildman–Crippen LogP) is 3.16. The first-order valence-electron chi connectivity index (χ1n) is 7.53. The molecular formula is C17H20N2O2S. The van der Waals surface area contributed by atoms with Crippen LogP contribution in [0.2, 0.25) is 0 Å². The van der Waals surface area contributed by atoms with Crippen molar-refractivity contribution < 1.29 is 8.42 Å². The van der Waals surface area contributed by atoms with Crippen LogP contribution in [0, 0.1) is 0 Å². The third kappa shape index (κ3) is 3.15. The number of nitrogens with two attached hydrogens (primary N) is 1. The van der Waals surface area contributed by atoms with E-state index in [9.17, 15) is 8.42 Å². The summed E-state index contributed by atoms with van der Waals surface area (Å²) < 4.78 is 27.5. The zero-order valence-corrected chi connectivity index (χ0v) is 13.1. The van der Waals surface area contributed by atoms with Crippen LogP contribution in [0.1, 0.15) is 25.7 Å². The van der Waals surface area contributed by atoms with Crippen LogP contribution in [0.5, 0.6) is 0 Å². The minimum Gasteiger partial charge on any atom is -0.398 e. The van der Waals surface area contributed by atoms with Gasteiger partial charge in [0.25, 0.3) is 0 Å². The summed E-state index contributed by atoms with van der Waals surface area (Å²) >= 11 is 0. The van der Waals surface area contributed by atoms with E-state index in [2.05, 4.69) is 4.72 Å². The second-order valence-corrected chi connectivity index (χ2v) is 7.43. The fourth-order valence-electron chi connectivity index (χ4n) is 2.90. The molecule has 1 fully saturated rings. The summed E-state index contributed by atoms with van der Waals surface area (Å²) in [6, 6.07) is 14.5. The van der Waals surface area contributed by atoms with Crippen LogP contribution in [0.25, 0.3) is 11.1 Å². The summed E-state index contributed by atoms with van der Waals surface area (Å²) in [6.45, 7) is 0. The molecule has 0 aromatic heterocycles. The normalized spacial score (nSPS) is 16.0. The number of hydrogen-bond donors (Lipinski definition) is 2. The van der Waals surface area contributed by atoms with Gasteiger partial charge in [0.15, 0.2) is 0 Å². The molecular weight excluding hydrogens is 296 g/mol. The summed E-state index contributed by atoms with van der Waals surface area (Å²) in [5, 5.41) is 0. The molecule has 116 valence electrons. The number of rotatable bonds is 4. The van der Waals surface area contributed by atoms with Gasteiger partial charge in [-0.2, -0.15) is 0 Å². The van der Waals surface area contributed by atoms with Crippen molar-refractivity contribution in [3.8, 4) is 11.1 Å². The van der Waals surface area contributed by atoms with Crippen LogP contribution in [0.15, 0.2) is 53.4 Å². The molecule has 2 aromatic carbocycles. The maximum absolute atomic E-state index is 12.4. The molecule has 0 atom stereocenters. The molecule has 0 heterocycles. The van der Waals surface area contributed by atoms with E-state index in [1.807, 2.05) is 24.3 Å². The Morgan fingerprint density at radius 1 is 0.955 bits per heavy atom. The van der Waals surface area contributed by atoms with Gasteiger partial charge in [-0.25, -0.2) is 13.1 Å². The molecule has 0 bridgehead atoms. The molecule has 0 radical (unpaired) electrons. The Labute approximate surface area is 131 Å². The van der Waals surface area contributed by atoms with Crippen LogP contribution >= 0.6 is 0 Å². The summed E-state index contributed by atoms with van der Waals surface area (Å²) in [5.41, 5.74) is 8.46. The van der Waals surface area contributed by atoms with E-state index in [4.69, 9.17) is 5.73 Å². The molecule has 5 heteroatoms. The largest absolute Gasteiger partial charge is 0.398 e. The Hall–Kier alpha value is -1.85. The smallest absolute Gasteiger partial charge is 0.240 e. The number of para-hydroxylation sites is 1. The molecule has 3 N–H and O–H groups in total. The highest BCUT2D eigenvalue weighted by Gasteiger charge is 2.22. The van der Waals surface area contributed by atoms with Gasteiger partial charge in [0.1, 0.15) is 0 Å². The SMILES string of the molecule is Nc1ccccc1-c1ccc(S(=O)(=O)NC2CCCC2)cc1. The highest BCUT2D eigenvalue weighted by Crippen LogP contribution is 2.27. The Morgan fingerprint density at radius 2 is 1.59 bits per heavy atom. The van der Waals surface area contributed by atoms with Gasteiger partial charge in [0.05, 0.1) is 4.90 Å². The first-order chi connectivity index (χ1) is 10.6. The van der Waals surface area contributed by atoms with Gasteiger partial charge < -0.3 is 5.73 Å². The van der Waals surface area contributed by atoms with Crippen molar-refractivity contribution in [1.29, 1.82) is 0 Å². The van der Waals surface area contributed by atoms with Crippen molar-refractivity contribution in [2.45, 2.75) is 36.6 Å². The lowest BCUT2D eigenvalue weighted by Crippen LogP contribution is -2.32. The number of benzene rings is 2.